The maximum absolute atomic E-state index is 13.3. The Balaban J connectivity index is 1.97. The molecule has 2 unspecified atom stereocenters. The van der Waals surface area contributed by atoms with Crippen LogP contribution in [0.2, 0.25) is 0 Å². The predicted octanol–water partition coefficient (Wildman–Crippen LogP) is 2.96. The molecule has 0 spiro atoms. The summed E-state index contributed by atoms with van der Waals surface area (Å²) in [5.74, 6) is -0.904. The highest BCUT2D eigenvalue weighted by atomic mass is 19.2. The first-order chi connectivity index (χ1) is 9.08. The third-order valence-corrected chi connectivity index (χ3v) is 4.03. The van der Waals surface area contributed by atoms with Crippen molar-refractivity contribution in [1.82, 2.24) is 10.2 Å². The molecule has 0 amide bonds. The Hall–Kier alpha value is -1.00. The number of nitrogens with zero attached hydrogens (tertiary/aromatic N) is 1. The lowest BCUT2D eigenvalue weighted by molar-refractivity contribution is 0.199. The van der Waals surface area contributed by atoms with Gasteiger partial charge >= 0.3 is 0 Å². The molecule has 0 radical (unpaired) electrons. The van der Waals surface area contributed by atoms with Crippen molar-refractivity contribution in [1.29, 1.82) is 0 Å². The van der Waals surface area contributed by atoms with Crippen LogP contribution in [-0.2, 0) is 0 Å². The van der Waals surface area contributed by atoms with Crippen LogP contribution in [0, 0.1) is 17.6 Å². The van der Waals surface area contributed by atoms with Crippen molar-refractivity contribution < 1.29 is 8.78 Å². The van der Waals surface area contributed by atoms with Crippen molar-refractivity contribution in [2.24, 2.45) is 5.92 Å². The molecule has 2 atom stereocenters. The Morgan fingerprint density at radius 2 is 2.16 bits per heavy atom. The number of rotatable bonds is 4. The maximum atomic E-state index is 13.3. The van der Waals surface area contributed by atoms with Crippen LogP contribution in [0.3, 0.4) is 0 Å². The lowest BCUT2D eigenvalue weighted by Crippen LogP contribution is -2.37. The van der Waals surface area contributed by atoms with Gasteiger partial charge in [0.1, 0.15) is 0 Å². The molecule has 0 aromatic heterocycles. The SMILES string of the molecule is CC(c1ccc(F)c(F)c1)N(C)CC1CCCNC1. The number of benzene rings is 1. The molecule has 2 rings (SSSR count). The number of hydrogen-bond acceptors (Lipinski definition) is 2. The van der Waals surface area contributed by atoms with Gasteiger partial charge in [-0.25, -0.2) is 8.78 Å². The largest absolute Gasteiger partial charge is 0.316 e. The van der Waals surface area contributed by atoms with Crippen LogP contribution in [0.25, 0.3) is 0 Å². The average Bonchev–Trinajstić information content (AvgIpc) is 2.42. The highest BCUT2D eigenvalue weighted by Gasteiger charge is 2.19. The molecule has 1 aliphatic rings. The Bertz CT molecular complexity index is 417. The summed E-state index contributed by atoms with van der Waals surface area (Å²) in [6.07, 6.45) is 2.46. The minimum absolute atomic E-state index is 0.0945. The monoisotopic (exact) mass is 268 g/mol. The van der Waals surface area contributed by atoms with E-state index in [4.69, 9.17) is 0 Å². The first-order valence-corrected chi connectivity index (χ1v) is 6.94. The Morgan fingerprint density at radius 3 is 2.79 bits per heavy atom. The summed E-state index contributed by atoms with van der Waals surface area (Å²) in [4.78, 5) is 2.21. The van der Waals surface area contributed by atoms with E-state index in [0.29, 0.717) is 5.92 Å². The standard InChI is InChI=1S/C15H22F2N2/c1-11(13-5-6-14(16)15(17)8-13)19(2)10-12-4-3-7-18-9-12/h5-6,8,11-12,18H,3-4,7,9-10H2,1-2H3. The Morgan fingerprint density at radius 1 is 1.37 bits per heavy atom. The molecule has 1 aliphatic heterocycles. The molecule has 19 heavy (non-hydrogen) atoms. The van der Waals surface area contributed by atoms with Gasteiger partial charge in [-0.2, -0.15) is 0 Å². The van der Waals surface area contributed by atoms with Crippen molar-refractivity contribution in [2.45, 2.75) is 25.8 Å². The van der Waals surface area contributed by atoms with Gasteiger partial charge in [0.05, 0.1) is 0 Å². The van der Waals surface area contributed by atoms with E-state index in [1.165, 1.54) is 25.0 Å². The Kier molecular flexibility index (Phi) is 4.88. The molecule has 4 heteroatoms. The fraction of sp³-hybridized carbons (Fsp3) is 0.600. The van der Waals surface area contributed by atoms with Gasteiger partial charge in [-0.3, -0.25) is 4.90 Å². The molecule has 106 valence electrons. The van der Waals surface area contributed by atoms with Crippen LogP contribution < -0.4 is 5.32 Å². The molecule has 1 N–H and O–H groups in total. The summed E-state index contributed by atoms with van der Waals surface area (Å²) in [6, 6.07) is 4.27. The molecule has 1 heterocycles. The lowest BCUT2D eigenvalue weighted by Gasteiger charge is -2.31. The van der Waals surface area contributed by atoms with Gasteiger partial charge in [0.25, 0.3) is 0 Å². The van der Waals surface area contributed by atoms with Gasteiger partial charge in [-0.15, -0.1) is 0 Å². The smallest absolute Gasteiger partial charge is 0.159 e. The van der Waals surface area contributed by atoms with Gasteiger partial charge in [-0.1, -0.05) is 6.07 Å². The molecule has 1 aromatic rings. The van der Waals surface area contributed by atoms with Crippen LogP contribution in [0.1, 0.15) is 31.4 Å². The average molecular weight is 268 g/mol. The molecule has 1 saturated heterocycles. The van der Waals surface area contributed by atoms with Crippen LogP contribution in [0.15, 0.2) is 18.2 Å². The molecule has 2 nitrogen and oxygen atoms in total. The first kappa shape index (κ1) is 14.4. The van der Waals surface area contributed by atoms with Crippen LogP contribution in [0.4, 0.5) is 8.78 Å². The second-order valence-electron chi connectivity index (χ2n) is 5.50. The number of hydrogen-bond donors (Lipinski definition) is 1. The van der Waals surface area contributed by atoms with E-state index in [1.54, 1.807) is 6.07 Å². The number of nitrogens with one attached hydrogen (secondary N) is 1. The third kappa shape index (κ3) is 3.74. The van der Waals surface area contributed by atoms with Crippen LogP contribution >= 0.6 is 0 Å². The minimum Gasteiger partial charge on any atom is -0.316 e. The van der Waals surface area contributed by atoms with Gasteiger partial charge in [0.15, 0.2) is 11.6 Å². The molecule has 0 aliphatic carbocycles. The van der Waals surface area contributed by atoms with Crippen LogP contribution in [0.5, 0.6) is 0 Å². The quantitative estimate of drug-likeness (QED) is 0.903. The van der Waals surface area contributed by atoms with Crippen molar-refractivity contribution in [3.05, 3.63) is 35.4 Å². The van der Waals surface area contributed by atoms with E-state index in [2.05, 4.69) is 10.2 Å². The molecular formula is C15H22F2N2. The highest BCUT2D eigenvalue weighted by Crippen LogP contribution is 2.23. The summed E-state index contributed by atoms with van der Waals surface area (Å²) in [6.45, 7) is 5.17. The molecule has 0 bridgehead atoms. The van der Waals surface area contributed by atoms with E-state index in [-0.39, 0.29) is 6.04 Å². The van der Waals surface area contributed by atoms with Gasteiger partial charge in [-0.05, 0) is 63.5 Å². The van der Waals surface area contributed by atoms with E-state index in [1.807, 2.05) is 14.0 Å². The van der Waals surface area contributed by atoms with Gasteiger partial charge < -0.3 is 5.32 Å². The molecule has 1 fully saturated rings. The summed E-state index contributed by atoms with van der Waals surface area (Å²) >= 11 is 0. The van der Waals surface area contributed by atoms with Crippen molar-refractivity contribution in [2.75, 3.05) is 26.7 Å². The summed E-state index contributed by atoms with van der Waals surface area (Å²) in [5, 5.41) is 3.40. The van der Waals surface area contributed by atoms with Gasteiger partial charge in [0, 0.05) is 12.6 Å². The van der Waals surface area contributed by atoms with Crippen LogP contribution in [-0.4, -0.2) is 31.6 Å². The lowest BCUT2D eigenvalue weighted by atomic mass is 9.98. The summed E-state index contributed by atoms with van der Waals surface area (Å²) < 4.78 is 26.2. The topological polar surface area (TPSA) is 15.3 Å². The highest BCUT2D eigenvalue weighted by molar-refractivity contribution is 5.20. The van der Waals surface area contributed by atoms with Gasteiger partial charge in [0.2, 0.25) is 0 Å². The second kappa shape index (κ2) is 6.44. The molecular weight excluding hydrogens is 246 g/mol. The molecule has 1 aromatic carbocycles. The predicted molar refractivity (Wildman–Crippen MR) is 73.0 cm³/mol. The fourth-order valence-electron chi connectivity index (χ4n) is 2.67. The zero-order valence-electron chi connectivity index (χ0n) is 11.6. The fourth-order valence-corrected chi connectivity index (χ4v) is 2.67. The van der Waals surface area contributed by atoms with E-state index >= 15 is 0 Å². The summed E-state index contributed by atoms with van der Waals surface area (Å²) in [7, 11) is 2.04. The normalized spacial score (nSPS) is 21.6. The third-order valence-electron chi connectivity index (χ3n) is 4.03. The first-order valence-electron chi connectivity index (χ1n) is 6.94. The maximum Gasteiger partial charge on any atom is 0.159 e. The van der Waals surface area contributed by atoms with Crippen molar-refractivity contribution in [3.8, 4) is 0 Å². The second-order valence-corrected chi connectivity index (χ2v) is 5.50. The zero-order valence-corrected chi connectivity index (χ0v) is 11.6. The molecule has 0 saturated carbocycles. The van der Waals surface area contributed by atoms with Crippen molar-refractivity contribution >= 4 is 0 Å². The minimum atomic E-state index is -0.782. The van der Waals surface area contributed by atoms with E-state index < -0.39 is 11.6 Å². The van der Waals surface area contributed by atoms with Crippen molar-refractivity contribution in [3.63, 3.8) is 0 Å². The van der Waals surface area contributed by atoms with E-state index in [9.17, 15) is 8.78 Å². The number of piperidine rings is 1. The summed E-state index contributed by atoms with van der Waals surface area (Å²) in [5.41, 5.74) is 0.824. The number of halogens is 2. The zero-order chi connectivity index (χ0) is 13.8. The van der Waals surface area contributed by atoms with E-state index in [0.717, 1.165) is 25.2 Å². The Labute approximate surface area is 113 Å².